The van der Waals surface area contributed by atoms with Gasteiger partial charge < -0.3 is 5.32 Å². The topological polar surface area (TPSA) is 95.5 Å². The highest BCUT2D eigenvalue weighted by molar-refractivity contribution is 5.92. The number of nitrogens with zero attached hydrogens (tertiary/aromatic N) is 4. The summed E-state index contributed by atoms with van der Waals surface area (Å²) in [7, 11) is 0. The van der Waals surface area contributed by atoms with E-state index in [1.165, 1.54) is 11.1 Å². The Bertz CT molecular complexity index is 1380. The molecule has 1 aromatic heterocycles. The molecular weight excluding hydrogens is 514 g/mol. The number of fused-ring (bicyclic) bond motifs is 2. The third kappa shape index (κ3) is 6.99. The molecule has 0 spiro atoms. The molecule has 2 amide bonds. The lowest BCUT2D eigenvalue weighted by Crippen LogP contribution is -2.53. The highest BCUT2D eigenvalue weighted by Crippen LogP contribution is 2.31. The number of amides is 2. The average Bonchev–Trinajstić information content (AvgIpc) is 3.19. The largest absolute Gasteiger partial charge is 0.346 e. The summed E-state index contributed by atoms with van der Waals surface area (Å²) in [5, 5.41) is 3.14. The SMILES string of the molecule is CC(C)C[C@H](NC(=O)[C@@H]1CCCC[C@@H]1N(C=O)c1cnc2ccccc2n1)C(=O)CN1CCCc2ccccc2C1. The highest BCUT2D eigenvalue weighted by Gasteiger charge is 2.37. The van der Waals surface area contributed by atoms with Crippen LogP contribution in [0.1, 0.15) is 63.5 Å². The fourth-order valence-corrected chi connectivity index (χ4v) is 6.38. The summed E-state index contributed by atoms with van der Waals surface area (Å²) >= 11 is 0. The van der Waals surface area contributed by atoms with Crippen LogP contribution in [0, 0.1) is 11.8 Å². The van der Waals surface area contributed by atoms with Gasteiger partial charge in [-0.15, -0.1) is 0 Å². The zero-order chi connectivity index (χ0) is 28.8. The normalized spacial score (nSPS) is 20.2. The van der Waals surface area contributed by atoms with Gasteiger partial charge in [0, 0.05) is 12.6 Å². The molecule has 1 N–H and O–H groups in total. The Morgan fingerprint density at radius 3 is 2.54 bits per heavy atom. The zero-order valence-corrected chi connectivity index (χ0v) is 24.2. The number of nitrogens with one attached hydrogen (secondary N) is 1. The van der Waals surface area contributed by atoms with Crippen LogP contribution < -0.4 is 10.2 Å². The summed E-state index contributed by atoms with van der Waals surface area (Å²) in [6.45, 7) is 6.06. The van der Waals surface area contributed by atoms with Crippen LogP contribution in [-0.4, -0.2) is 58.1 Å². The maximum absolute atomic E-state index is 13.8. The lowest BCUT2D eigenvalue weighted by Gasteiger charge is -2.37. The average molecular weight is 556 g/mol. The number of ketones is 1. The number of benzene rings is 2. The van der Waals surface area contributed by atoms with Crippen molar-refractivity contribution in [3.63, 3.8) is 0 Å². The Kier molecular flexibility index (Phi) is 9.39. The second kappa shape index (κ2) is 13.3. The van der Waals surface area contributed by atoms with E-state index in [2.05, 4.69) is 58.3 Å². The third-order valence-electron chi connectivity index (χ3n) is 8.46. The highest BCUT2D eigenvalue weighted by atomic mass is 16.2. The van der Waals surface area contributed by atoms with E-state index in [0.717, 1.165) is 50.7 Å². The summed E-state index contributed by atoms with van der Waals surface area (Å²) in [6.07, 6.45) is 8.16. The fraction of sp³-hybridized carbons (Fsp3) is 0.485. The molecule has 2 aliphatic rings. The minimum atomic E-state index is -0.561. The predicted octanol–water partition coefficient (Wildman–Crippen LogP) is 4.70. The number of carbonyl (C=O) groups is 3. The van der Waals surface area contributed by atoms with Gasteiger partial charge >= 0.3 is 0 Å². The molecule has 3 aromatic rings. The minimum absolute atomic E-state index is 0.0476. The first-order valence-electron chi connectivity index (χ1n) is 15.0. The maximum atomic E-state index is 13.8. The summed E-state index contributed by atoms with van der Waals surface area (Å²) in [5.74, 6) is 0.159. The fourth-order valence-electron chi connectivity index (χ4n) is 6.38. The van der Waals surface area contributed by atoms with Crippen LogP contribution in [0.5, 0.6) is 0 Å². The molecule has 0 bridgehead atoms. The number of aryl methyl sites for hydroxylation is 1. The minimum Gasteiger partial charge on any atom is -0.346 e. The molecule has 0 saturated heterocycles. The van der Waals surface area contributed by atoms with Crippen molar-refractivity contribution in [2.75, 3.05) is 18.0 Å². The number of hydrogen-bond acceptors (Lipinski definition) is 6. The molecule has 3 atom stereocenters. The van der Waals surface area contributed by atoms with Crippen molar-refractivity contribution in [1.29, 1.82) is 0 Å². The number of para-hydroxylation sites is 2. The molecule has 8 heteroatoms. The number of rotatable bonds is 10. The van der Waals surface area contributed by atoms with E-state index in [4.69, 9.17) is 0 Å². The van der Waals surface area contributed by atoms with E-state index < -0.39 is 12.0 Å². The number of Topliss-reactive ketones (excluding diaryl/α,β-unsaturated/α-hetero) is 1. The summed E-state index contributed by atoms with van der Waals surface area (Å²) in [4.78, 5) is 52.8. The van der Waals surface area contributed by atoms with Crippen LogP contribution >= 0.6 is 0 Å². The molecule has 0 unspecified atom stereocenters. The Hall–Kier alpha value is -3.65. The van der Waals surface area contributed by atoms with E-state index in [0.29, 0.717) is 37.1 Å². The van der Waals surface area contributed by atoms with E-state index in [9.17, 15) is 14.4 Å². The van der Waals surface area contributed by atoms with Gasteiger partial charge in [-0.3, -0.25) is 29.2 Å². The van der Waals surface area contributed by atoms with Crippen LogP contribution in [0.25, 0.3) is 11.0 Å². The van der Waals surface area contributed by atoms with Crippen LogP contribution in [0.4, 0.5) is 5.82 Å². The van der Waals surface area contributed by atoms with Crippen molar-refractivity contribution in [2.24, 2.45) is 11.8 Å². The third-order valence-corrected chi connectivity index (χ3v) is 8.46. The lowest BCUT2D eigenvalue weighted by atomic mass is 9.82. The molecule has 1 fully saturated rings. The van der Waals surface area contributed by atoms with E-state index in [-0.39, 0.29) is 23.7 Å². The molecule has 41 heavy (non-hydrogen) atoms. The Labute approximate surface area is 242 Å². The summed E-state index contributed by atoms with van der Waals surface area (Å²) in [5.41, 5.74) is 4.09. The standard InChI is InChI=1S/C33H41N5O3/c1-23(2)18-29(31(40)21-37-17-9-12-24-10-3-4-11-25(24)20-37)36-33(41)26-13-5-8-16-30(26)38(22-39)32-19-34-27-14-6-7-15-28(27)35-32/h3-4,6-7,10-11,14-15,19,22-23,26,29-30H,5,8-9,12-13,16-18,20-21H2,1-2H3,(H,36,41)/t26-,29+,30+/m1/s1. The Morgan fingerprint density at radius 2 is 1.76 bits per heavy atom. The molecule has 1 aliphatic carbocycles. The number of anilines is 1. The maximum Gasteiger partial charge on any atom is 0.225 e. The molecule has 1 aliphatic heterocycles. The zero-order valence-electron chi connectivity index (χ0n) is 24.2. The summed E-state index contributed by atoms with van der Waals surface area (Å²) < 4.78 is 0. The Balaban J connectivity index is 1.30. The second-order valence-electron chi connectivity index (χ2n) is 11.9. The number of hydrogen-bond donors (Lipinski definition) is 1. The van der Waals surface area contributed by atoms with Crippen LogP contribution in [0.2, 0.25) is 0 Å². The second-order valence-corrected chi connectivity index (χ2v) is 11.9. The molecule has 5 rings (SSSR count). The smallest absolute Gasteiger partial charge is 0.225 e. The summed E-state index contributed by atoms with van der Waals surface area (Å²) in [6, 6.07) is 15.1. The van der Waals surface area contributed by atoms with Crippen LogP contribution in [0.3, 0.4) is 0 Å². The van der Waals surface area contributed by atoms with Gasteiger partial charge in [0.2, 0.25) is 12.3 Å². The van der Waals surface area contributed by atoms with E-state index in [1.807, 2.05) is 24.3 Å². The van der Waals surface area contributed by atoms with E-state index in [1.54, 1.807) is 11.1 Å². The first-order valence-corrected chi connectivity index (χ1v) is 15.0. The molecular formula is C33H41N5O3. The van der Waals surface area contributed by atoms with Crippen molar-refractivity contribution in [3.05, 3.63) is 65.9 Å². The molecule has 1 saturated carbocycles. The Morgan fingerprint density at radius 1 is 1.02 bits per heavy atom. The van der Waals surface area contributed by atoms with Crippen molar-refractivity contribution in [1.82, 2.24) is 20.2 Å². The van der Waals surface area contributed by atoms with Gasteiger partial charge in [-0.25, -0.2) is 4.98 Å². The van der Waals surface area contributed by atoms with Gasteiger partial charge in [0.15, 0.2) is 11.6 Å². The van der Waals surface area contributed by atoms with Crippen molar-refractivity contribution < 1.29 is 14.4 Å². The van der Waals surface area contributed by atoms with E-state index >= 15 is 0 Å². The van der Waals surface area contributed by atoms with Gasteiger partial charge in [0.05, 0.1) is 35.7 Å². The monoisotopic (exact) mass is 555 g/mol. The van der Waals surface area contributed by atoms with Crippen LogP contribution in [0.15, 0.2) is 54.7 Å². The van der Waals surface area contributed by atoms with Gasteiger partial charge in [0.1, 0.15) is 0 Å². The molecule has 8 nitrogen and oxygen atoms in total. The van der Waals surface area contributed by atoms with Gasteiger partial charge in [-0.1, -0.05) is 63.1 Å². The van der Waals surface area contributed by atoms with Crippen LogP contribution in [-0.2, 0) is 27.3 Å². The quantitative estimate of drug-likeness (QED) is 0.365. The van der Waals surface area contributed by atoms with Crippen molar-refractivity contribution >= 4 is 35.0 Å². The molecule has 216 valence electrons. The first-order chi connectivity index (χ1) is 19.9. The number of carbonyl (C=O) groups excluding carboxylic acids is 3. The molecule has 0 radical (unpaired) electrons. The van der Waals surface area contributed by atoms with Crippen molar-refractivity contribution in [2.45, 2.75) is 77.4 Å². The predicted molar refractivity (Wildman–Crippen MR) is 160 cm³/mol. The van der Waals surface area contributed by atoms with Gasteiger partial charge in [0.25, 0.3) is 0 Å². The molecule has 2 heterocycles. The van der Waals surface area contributed by atoms with Gasteiger partial charge in [-0.05, 0) is 67.8 Å². The lowest BCUT2D eigenvalue weighted by molar-refractivity contribution is -0.132. The van der Waals surface area contributed by atoms with Crippen molar-refractivity contribution in [3.8, 4) is 0 Å². The van der Waals surface area contributed by atoms with Gasteiger partial charge in [-0.2, -0.15) is 0 Å². The molecule has 2 aromatic carbocycles. The first kappa shape index (κ1) is 28.9. The number of aromatic nitrogens is 2.